The SMILES string of the molecule is CC(C)C[C@H](CC(=O)NO)C(=O)N[C@@H](Cc1ccc(O)cc1)C(=O)N[C@@H](Cc1ccccc1)C(=O)N[C@@H](CCCCN)C(N)=O. The number of carbonyl (C=O) groups excluding carboxylic acids is 5. The molecule has 5 amide bonds. The van der Waals surface area contributed by atoms with Crippen LogP contribution in [0, 0.1) is 11.8 Å². The number of hydroxylamine groups is 1. The summed E-state index contributed by atoms with van der Waals surface area (Å²) in [6, 6.07) is 11.8. The van der Waals surface area contributed by atoms with Crippen LogP contribution in [0.4, 0.5) is 0 Å². The van der Waals surface area contributed by atoms with Gasteiger partial charge in [-0.15, -0.1) is 0 Å². The molecule has 0 aliphatic carbocycles. The molecule has 0 unspecified atom stereocenters. The first-order valence-electron chi connectivity index (χ1n) is 15.1. The van der Waals surface area contributed by atoms with Gasteiger partial charge in [0.15, 0.2) is 0 Å². The van der Waals surface area contributed by atoms with Crippen molar-refractivity contribution >= 4 is 29.5 Å². The number of unbranched alkanes of at least 4 members (excludes halogenated alkanes) is 1. The number of aromatic hydroxyl groups is 1. The van der Waals surface area contributed by atoms with E-state index >= 15 is 0 Å². The number of benzene rings is 2. The minimum absolute atomic E-state index is 0.00112. The summed E-state index contributed by atoms with van der Waals surface area (Å²) in [5.41, 5.74) is 14.0. The molecular formula is C32H46N6O7. The van der Waals surface area contributed by atoms with Crippen LogP contribution in [0.25, 0.3) is 0 Å². The predicted octanol–water partition coefficient (Wildman–Crippen LogP) is 0.804. The molecule has 0 saturated carbocycles. The Balaban J connectivity index is 2.37. The second kappa shape index (κ2) is 19.0. The minimum Gasteiger partial charge on any atom is -0.508 e. The highest BCUT2D eigenvalue weighted by Crippen LogP contribution is 2.18. The first-order chi connectivity index (χ1) is 21.4. The average Bonchev–Trinajstić information content (AvgIpc) is 3.00. The molecule has 246 valence electrons. The van der Waals surface area contributed by atoms with Crippen molar-refractivity contribution in [1.29, 1.82) is 0 Å². The summed E-state index contributed by atoms with van der Waals surface area (Å²) in [5.74, 6) is -4.15. The van der Waals surface area contributed by atoms with Gasteiger partial charge in [-0.2, -0.15) is 0 Å². The zero-order chi connectivity index (χ0) is 33.4. The zero-order valence-corrected chi connectivity index (χ0v) is 25.8. The van der Waals surface area contributed by atoms with Crippen molar-refractivity contribution in [1.82, 2.24) is 21.4 Å². The molecule has 13 nitrogen and oxygen atoms in total. The molecular weight excluding hydrogens is 580 g/mol. The maximum atomic E-state index is 13.8. The van der Waals surface area contributed by atoms with E-state index in [2.05, 4.69) is 16.0 Å². The number of hydrogen-bond donors (Lipinski definition) is 8. The molecule has 0 heterocycles. The van der Waals surface area contributed by atoms with E-state index in [0.29, 0.717) is 31.4 Å². The molecule has 13 heteroatoms. The number of rotatable bonds is 19. The Morgan fingerprint density at radius 2 is 1.29 bits per heavy atom. The molecule has 0 radical (unpaired) electrons. The Bertz CT molecular complexity index is 1260. The van der Waals surface area contributed by atoms with Crippen molar-refractivity contribution < 1.29 is 34.3 Å². The fraction of sp³-hybridized carbons (Fsp3) is 0.469. The first-order valence-corrected chi connectivity index (χ1v) is 15.1. The van der Waals surface area contributed by atoms with Gasteiger partial charge in [-0.25, -0.2) is 5.48 Å². The predicted molar refractivity (Wildman–Crippen MR) is 167 cm³/mol. The third-order valence-corrected chi connectivity index (χ3v) is 7.21. The van der Waals surface area contributed by atoms with Crippen molar-refractivity contribution in [2.24, 2.45) is 23.3 Å². The van der Waals surface area contributed by atoms with E-state index < -0.39 is 53.6 Å². The number of nitrogens with two attached hydrogens (primary N) is 2. The molecule has 10 N–H and O–H groups in total. The summed E-state index contributed by atoms with van der Waals surface area (Å²) in [6.45, 7) is 4.17. The van der Waals surface area contributed by atoms with Crippen molar-refractivity contribution in [2.45, 2.75) is 76.9 Å². The number of phenolic OH excluding ortho intramolecular Hbond substituents is 1. The third kappa shape index (κ3) is 13.4. The van der Waals surface area contributed by atoms with Gasteiger partial charge < -0.3 is 32.5 Å². The highest BCUT2D eigenvalue weighted by molar-refractivity contribution is 5.95. The number of phenols is 1. The molecule has 2 aromatic rings. The largest absolute Gasteiger partial charge is 0.508 e. The van der Waals surface area contributed by atoms with Crippen molar-refractivity contribution in [2.75, 3.05) is 6.54 Å². The monoisotopic (exact) mass is 626 g/mol. The molecule has 0 fully saturated rings. The maximum absolute atomic E-state index is 13.8. The molecule has 4 atom stereocenters. The molecule has 2 rings (SSSR count). The normalized spacial score (nSPS) is 13.6. The summed E-state index contributed by atoms with van der Waals surface area (Å²) >= 11 is 0. The Labute approximate surface area is 263 Å². The lowest BCUT2D eigenvalue weighted by Gasteiger charge is -2.26. The van der Waals surface area contributed by atoms with Crippen LogP contribution in [-0.2, 0) is 36.8 Å². The number of carbonyl (C=O) groups is 5. The van der Waals surface area contributed by atoms with E-state index in [0.717, 1.165) is 5.56 Å². The fourth-order valence-corrected chi connectivity index (χ4v) is 4.87. The summed E-state index contributed by atoms with van der Waals surface area (Å²) < 4.78 is 0. The zero-order valence-electron chi connectivity index (χ0n) is 25.8. The van der Waals surface area contributed by atoms with Crippen LogP contribution in [-0.4, -0.2) is 64.5 Å². The maximum Gasteiger partial charge on any atom is 0.244 e. The van der Waals surface area contributed by atoms with Gasteiger partial charge in [-0.05, 0) is 61.4 Å². The number of nitrogens with one attached hydrogen (secondary N) is 4. The van der Waals surface area contributed by atoms with Crippen LogP contribution in [0.15, 0.2) is 54.6 Å². The Morgan fingerprint density at radius 1 is 0.756 bits per heavy atom. The van der Waals surface area contributed by atoms with Gasteiger partial charge in [-0.1, -0.05) is 56.3 Å². The van der Waals surface area contributed by atoms with Crippen molar-refractivity contribution in [3.8, 4) is 5.75 Å². The topological polar surface area (TPSA) is 226 Å². The smallest absolute Gasteiger partial charge is 0.244 e. The molecule has 0 saturated heterocycles. The van der Waals surface area contributed by atoms with E-state index in [1.165, 1.54) is 12.1 Å². The second-order valence-electron chi connectivity index (χ2n) is 11.5. The number of primary amides is 1. The van der Waals surface area contributed by atoms with E-state index in [-0.39, 0.29) is 37.4 Å². The van der Waals surface area contributed by atoms with Crippen LogP contribution < -0.4 is 32.9 Å². The lowest BCUT2D eigenvalue weighted by atomic mass is 9.92. The quantitative estimate of drug-likeness (QED) is 0.0631. The Morgan fingerprint density at radius 3 is 1.80 bits per heavy atom. The summed E-state index contributed by atoms with van der Waals surface area (Å²) in [6.07, 6.45) is 1.58. The first kappa shape index (κ1) is 36.7. The van der Waals surface area contributed by atoms with Gasteiger partial charge in [-0.3, -0.25) is 29.2 Å². The lowest BCUT2D eigenvalue weighted by molar-refractivity contribution is -0.137. The second-order valence-corrected chi connectivity index (χ2v) is 11.5. The van der Waals surface area contributed by atoms with E-state index in [4.69, 9.17) is 16.7 Å². The average molecular weight is 627 g/mol. The molecule has 0 aliphatic rings. The van der Waals surface area contributed by atoms with Gasteiger partial charge >= 0.3 is 0 Å². The standard InChI is InChI=1S/C32H46N6O7/c1-20(2)16-23(19-28(40)38-45)30(42)36-26(18-22-11-13-24(39)14-12-22)32(44)37-27(17-21-8-4-3-5-9-21)31(43)35-25(29(34)41)10-6-7-15-33/h3-5,8-9,11-14,20,23,25-27,39,45H,6-7,10,15-19,33H2,1-2H3,(H2,34,41)(H,35,43)(H,36,42)(H,37,44)(H,38,40)/t23-,25+,26+,27+/m1/s1. The van der Waals surface area contributed by atoms with E-state index in [1.54, 1.807) is 41.9 Å². The van der Waals surface area contributed by atoms with Gasteiger partial charge in [0.25, 0.3) is 0 Å². The molecule has 0 spiro atoms. The van der Waals surface area contributed by atoms with Crippen LogP contribution in [0.5, 0.6) is 5.75 Å². The number of hydrogen-bond acceptors (Lipinski definition) is 8. The summed E-state index contributed by atoms with van der Waals surface area (Å²) in [5, 5.41) is 26.9. The highest BCUT2D eigenvalue weighted by Gasteiger charge is 2.32. The van der Waals surface area contributed by atoms with E-state index in [9.17, 15) is 29.1 Å². The Hall–Kier alpha value is -4.49. The highest BCUT2D eigenvalue weighted by atomic mass is 16.5. The number of amides is 5. The molecule has 0 aromatic heterocycles. The minimum atomic E-state index is -1.18. The van der Waals surface area contributed by atoms with Gasteiger partial charge in [0, 0.05) is 25.2 Å². The molecule has 0 bridgehead atoms. The van der Waals surface area contributed by atoms with Gasteiger partial charge in [0.05, 0.1) is 0 Å². The van der Waals surface area contributed by atoms with Gasteiger partial charge in [0.2, 0.25) is 29.5 Å². The van der Waals surface area contributed by atoms with Crippen molar-refractivity contribution in [3.05, 3.63) is 65.7 Å². The molecule has 2 aromatic carbocycles. The van der Waals surface area contributed by atoms with Crippen LogP contribution in [0.1, 0.15) is 57.1 Å². The molecule has 45 heavy (non-hydrogen) atoms. The van der Waals surface area contributed by atoms with E-state index in [1.807, 2.05) is 19.9 Å². The van der Waals surface area contributed by atoms with Crippen molar-refractivity contribution in [3.63, 3.8) is 0 Å². The van der Waals surface area contributed by atoms with Crippen LogP contribution in [0.3, 0.4) is 0 Å². The van der Waals surface area contributed by atoms with Crippen LogP contribution >= 0.6 is 0 Å². The van der Waals surface area contributed by atoms with Crippen LogP contribution in [0.2, 0.25) is 0 Å². The molecule has 0 aliphatic heterocycles. The summed E-state index contributed by atoms with van der Waals surface area (Å²) in [7, 11) is 0. The third-order valence-electron chi connectivity index (χ3n) is 7.21. The summed E-state index contributed by atoms with van der Waals surface area (Å²) in [4.78, 5) is 64.8. The van der Waals surface area contributed by atoms with Gasteiger partial charge in [0.1, 0.15) is 23.9 Å². The fourth-order valence-electron chi connectivity index (χ4n) is 4.87. The lowest BCUT2D eigenvalue weighted by Crippen LogP contribution is -2.57. The Kier molecular flexibility index (Phi) is 15.5.